The van der Waals surface area contributed by atoms with Crippen LogP contribution in [0.5, 0.6) is 5.88 Å². The molecule has 0 saturated carbocycles. The Hall–Kier alpha value is -2.56. The molecule has 0 aliphatic carbocycles. The van der Waals surface area contributed by atoms with Crippen molar-refractivity contribution in [2.24, 2.45) is 0 Å². The Labute approximate surface area is 104 Å². The van der Waals surface area contributed by atoms with E-state index in [0.29, 0.717) is 11.7 Å². The summed E-state index contributed by atoms with van der Waals surface area (Å²) in [6, 6.07) is 5.67. The van der Waals surface area contributed by atoms with E-state index in [9.17, 15) is 0 Å². The Bertz CT molecular complexity index is 688. The second kappa shape index (κ2) is 4.03. The molecule has 0 amide bonds. The third-order valence-electron chi connectivity index (χ3n) is 2.86. The molecule has 0 radical (unpaired) electrons. The van der Waals surface area contributed by atoms with Gasteiger partial charge in [-0.3, -0.25) is 0 Å². The minimum absolute atomic E-state index is 0.512. The molecule has 0 aliphatic heterocycles. The molecule has 0 fully saturated rings. The molecule has 0 saturated heterocycles. The maximum absolute atomic E-state index is 5.59. The third-order valence-corrected chi connectivity index (χ3v) is 2.86. The molecule has 0 spiro atoms. The van der Waals surface area contributed by atoms with Crippen molar-refractivity contribution in [2.75, 3.05) is 12.8 Å². The molecule has 3 aromatic rings. The van der Waals surface area contributed by atoms with Crippen LogP contribution >= 0.6 is 0 Å². The van der Waals surface area contributed by atoms with Gasteiger partial charge in [0.15, 0.2) is 0 Å². The van der Waals surface area contributed by atoms with E-state index in [2.05, 4.69) is 15.0 Å². The van der Waals surface area contributed by atoms with E-state index in [1.54, 1.807) is 25.6 Å². The fraction of sp³-hybridized carbons (Fsp3) is 0.0769. The van der Waals surface area contributed by atoms with Gasteiger partial charge in [-0.2, -0.15) is 0 Å². The van der Waals surface area contributed by atoms with Crippen LogP contribution in [0.1, 0.15) is 0 Å². The van der Waals surface area contributed by atoms with Gasteiger partial charge in [-0.25, -0.2) is 9.97 Å². The van der Waals surface area contributed by atoms with Crippen LogP contribution in [0.15, 0.2) is 36.8 Å². The highest BCUT2D eigenvalue weighted by Gasteiger charge is 2.10. The van der Waals surface area contributed by atoms with Gasteiger partial charge in [-0.15, -0.1) is 0 Å². The molecule has 0 atom stereocenters. The number of H-pyrrole nitrogens is 1. The summed E-state index contributed by atoms with van der Waals surface area (Å²) < 4.78 is 5.22. The van der Waals surface area contributed by atoms with Crippen LogP contribution in [0.2, 0.25) is 0 Å². The fourth-order valence-corrected chi connectivity index (χ4v) is 1.99. The largest absolute Gasteiger partial charge is 0.479 e. The summed E-state index contributed by atoms with van der Waals surface area (Å²) in [5.74, 6) is 1.10. The Morgan fingerprint density at radius 1 is 1.22 bits per heavy atom. The number of nitrogens with one attached hydrogen (secondary N) is 1. The minimum atomic E-state index is 0.512. The number of ether oxygens (including phenoxy) is 1. The summed E-state index contributed by atoms with van der Waals surface area (Å²) >= 11 is 0. The van der Waals surface area contributed by atoms with Gasteiger partial charge in [0.2, 0.25) is 5.88 Å². The second-order valence-corrected chi connectivity index (χ2v) is 3.92. The molecule has 3 N–H and O–H groups in total. The van der Waals surface area contributed by atoms with Crippen LogP contribution in [0.4, 0.5) is 5.82 Å². The molecular formula is C13H12N4O. The lowest BCUT2D eigenvalue weighted by atomic mass is 10.1. The number of aromatic nitrogens is 3. The van der Waals surface area contributed by atoms with E-state index in [1.807, 2.05) is 18.3 Å². The van der Waals surface area contributed by atoms with Crippen LogP contribution in [0.3, 0.4) is 0 Å². The first-order valence-electron chi connectivity index (χ1n) is 5.51. The van der Waals surface area contributed by atoms with Crippen molar-refractivity contribution in [2.45, 2.75) is 0 Å². The number of hydrogen-bond acceptors (Lipinski definition) is 4. The van der Waals surface area contributed by atoms with Crippen molar-refractivity contribution in [3.8, 4) is 17.0 Å². The van der Waals surface area contributed by atoms with Crippen LogP contribution in [-0.4, -0.2) is 22.1 Å². The number of nitrogens with zero attached hydrogens (tertiary/aromatic N) is 2. The molecule has 0 aromatic carbocycles. The number of pyridine rings is 2. The maximum Gasteiger partial charge on any atom is 0.238 e. The average molecular weight is 240 g/mol. The second-order valence-electron chi connectivity index (χ2n) is 3.92. The molecule has 0 unspecified atom stereocenters. The summed E-state index contributed by atoms with van der Waals surface area (Å²) in [6.45, 7) is 0. The molecule has 3 aromatic heterocycles. The Morgan fingerprint density at radius 3 is 2.83 bits per heavy atom. The van der Waals surface area contributed by atoms with Gasteiger partial charge < -0.3 is 15.5 Å². The van der Waals surface area contributed by atoms with Crippen LogP contribution in [0, 0.1) is 0 Å². The zero-order valence-electron chi connectivity index (χ0n) is 9.84. The highest BCUT2D eigenvalue weighted by molar-refractivity contribution is 5.97. The first kappa shape index (κ1) is 10.6. The van der Waals surface area contributed by atoms with Crippen LogP contribution < -0.4 is 10.5 Å². The van der Waals surface area contributed by atoms with Gasteiger partial charge in [-0.1, -0.05) is 0 Å². The molecule has 18 heavy (non-hydrogen) atoms. The minimum Gasteiger partial charge on any atom is -0.479 e. The molecule has 0 bridgehead atoms. The van der Waals surface area contributed by atoms with Gasteiger partial charge in [0.25, 0.3) is 0 Å². The van der Waals surface area contributed by atoms with Crippen molar-refractivity contribution in [1.82, 2.24) is 15.0 Å². The highest BCUT2D eigenvalue weighted by atomic mass is 16.5. The third kappa shape index (κ3) is 1.57. The standard InChI is InChI=1S/C13H12N4O/c1-18-13-12-9(4-5-15-13)10(7-17-12)8-2-3-11(14)16-6-8/h2-7,17H,1H3,(H2,14,16). The average Bonchev–Trinajstić information content (AvgIpc) is 2.83. The summed E-state index contributed by atoms with van der Waals surface area (Å²) in [4.78, 5) is 11.4. The summed E-state index contributed by atoms with van der Waals surface area (Å²) in [5.41, 5.74) is 8.53. The van der Waals surface area contributed by atoms with Gasteiger partial charge >= 0.3 is 0 Å². The number of nitrogens with two attached hydrogens (primary N) is 1. The molecule has 0 aliphatic rings. The Balaban J connectivity index is 2.21. The topological polar surface area (TPSA) is 76.8 Å². The molecule has 3 rings (SSSR count). The lowest BCUT2D eigenvalue weighted by Crippen LogP contribution is -1.89. The molecular weight excluding hydrogens is 228 g/mol. The lowest BCUT2D eigenvalue weighted by molar-refractivity contribution is 0.402. The van der Waals surface area contributed by atoms with Crippen LogP contribution in [-0.2, 0) is 0 Å². The van der Waals surface area contributed by atoms with Crippen molar-refractivity contribution in [1.29, 1.82) is 0 Å². The maximum atomic E-state index is 5.59. The molecule has 3 heterocycles. The first-order valence-corrected chi connectivity index (χ1v) is 5.51. The summed E-state index contributed by atoms with van der Waals surface area (Å²) in [5, 5.41) is 1.05. The van der Waals surface area contributed by atoms with E-state index in [1.165, 1.54) is 0 Å². The van der Waals surface area contributed by atoms with E-state index in [0.717, 1.165) is 22.0 Å². The number of aromatic amines is 1. The quantitative estimate of drug-likeness (QED) is 0.720. The van der Waals surface area contributed by atoms with E-state index in [4.69, 9.17) is 10.5 Å². The molecule has 90 valence electrons. The number of rotatable bonds is 2. The van der Waals surface area contributed by atoms with Gasteiger partial charge in [-0.05, 0) is 18.2 Å². The highest BCUT2D eigenvalue weighted by Crippen LogP contribution is 2.31. The van der Waals surface area contributed by atoms with Crippen molar-refractivity contribution < 1.29 is 4.74 Å². The zero-order chi connectivity index (χ0) is 12.5. The number of methoxy groups -OCH3 is 1. The van der Waals surface area contributed by atoms with Crippen LogP contribution in [0.25, 0.3) is 22.0 Å². The molecule has 5 heteroatoms. The fourth-order valence-electron chi connectivity index (χ4n) is 1.99. The smallest absolute Gasteiger partial charge is 0.238 e. The number of anilines is 1. The number of nitrogen functional groups attached to an aromatic ring is 1. The summed E-state index contributed by atoms with van der Waals surface area (Å²) in [7, 11) is 1.60. The van der Waals surface area contributed by atoms with Gasteiger partial charge in [0, 0.05) is 35.1 Å². The first-order chi connectivity index (χ1) is 8.79. The van der Waals surface area contributed by atoms with E-state index < -0.39 is 0 Å². The zero-order valence-corrected chi connectivity index (χ0v) is 9.84. The lowest BCUT2D eigenvalue weighted by Gasteiger charge is -2.01. The summed E-state index contributed by atoms with van der Waals surface area (Å²) in [6.07, 6.45) is 5.40. The number of fused-ring (bicyclic) bond motifs is 1. The predicted molar refractivity (Wildman–Crippen MR) is 70.3 cm³/mol. The monoisotopic (exact) mass is 240 g/mol. The number of hydrogen-bond donors (Lipinski definition) is 2. The molecule has 5 nitrogen and oxygen atoms in total. The Morgan fingerprint density at radius 2 is 2.11 bits per heavy atom. The Kier molecular flexibility index (Phi) is 2.37. The van der Waals surface area contributed by atoms with Gasteiger partial charge in [0.1, 0.15) is 11.3 Å². The van der Waals surface area contributed by atoms with Crippen molar-refractivity contribution in [3.63, 3.8) is 0 Å². The van der Waals surface area contributed by atoms with Gasteiger partial charge in [0.05, 0.1) is 7.11 Å². The van der Waals surface area contributed by atoms with Crippen molar-refractivity contribution in [3.05, 3.63) is 36.8 Å². The van der Waals surface area contributed by atoms with Crippen molar-refractivity contribution >= 4 is 16.7 Å². The SMILES string of the molecule is COc1nccc2c(-c3ccc(N)nc3)c[nH]c12. The van der Waals surface area contributed by atoms with E-state index >= 15 is 0 Å². The normalized spacial score (nSPS) is 10.7. The predicted octanol–water partition coefficient (Wildman–Crippen LogP) is 2.22. The van der Waals surface area contributed by atoms with E-state index in [-0.39, 0.29) is 0 Å².